The molecule has 0 atom stereocenters. The van der Waals surface area contributed by atoms with Gasteiger partial charge in [0.05, 0.1) is 17.9 Å². The van der Waals surface area contributed by atoms with E-state index in [1.807, 2.05) is 28.8 Å². The average Bonchev–Trinajstić information content (AvgIpc) is 2.80. The van der Waals surface area contributed by atoms with Crippen molar-refractivity contribution in [2.24, 2.45) is 0 Å². The molecule has 3 rings (SSSR count). The smallest absolute Gasteiger partial charge is 0.137 e. The first kappa shape index (κ1) is 13.2. The lowest BCUT2D eigenvalue weighted by molar-refractivity contribution is 1.07. The fourth-order valence-corrected chi connectivity index (χ4v) is 3.20. The number of nitrogens with one attached hydrogen (secondary N) is 1. The Kier molecular flexibility index (Phi) is 3.49. The number of pyridine rings is 1. The Morgan fingerprint density at radius 1 is 1.25 bits per heavy atom. The molecule has 0 fully saturated rings. The zero-order chi connectivity index (χ0) is 14.1. The van der Waals surface area contributed by atoms with Crippen LogP contribution in [-0.4, -0.2) is 9.38 Å². The molecule has 0 aliphatic rings. The molecule has 102 valence electrons. The summed E-state index contributed by atoms with van der Waals surface area (Å²) in [6, 6.07) is 10.3. The van der Waals surface area contributed by atoms with Gasteiger partial charge in [-0.05, 0) is 59.1 Å². The molecule has 0 spiro atoms. The molecule has 1 aromatic carbocycles. The van der Waals surface area contributed by atoms with Crippen molar-refractivity contribution in [3.63, 3.8) is 0 Å². The van der Waals surface area contributed by atoms with Crippen molar-refractivity contribution in [3.05, 3.63) is 64.0 Å². The van der Waals surface area contributed by atoms with Gasteiger partial charge in [0.1, 0.15) is 5.65 Å². The molecule has 3 nitrogen and oxygen atoms in total. The lowest BCUT2D eigenvalue weighted by Gasteiger charge is -2.11. The Balaban J connectivity index is 1.83. The van der Waals surface area contributed by atoms with Crippen molar-refractivity contribution < 1.29 is 0 Å². The summed E-state index contributed by atoms with van der Waals surface area (Å²) in [5.74, 6) is 0. The van der Waals surface area contributed by atoms with Gasteiger partial charge in [-0.25, -0.2) is 4.98 Å². The Morgan fingerprint density at radius 3 is 2.85 bits per heavy atom. The predicted molar refractivity (Wildman–Crippen MR) is 86.1 cm³/mol. The molecule has 0 unspecified atom stereocenters. The maximum atomic E-state index is 4.59. The van der Waals surface area contributed by atoms with Crippen LogP contribution < -0.4 is 5.32 Å². The van der Waals surface area contributed by atoms with Crippen LogP contribution in [0, 0.1) is 13.8 Å². The van der Waals surface area contributed by atoms with E-state index in [0.29, 0.717) is 6.54 Å². The zero-order valence-electron chi connectivity index (χ0n) is 11.5. The van der Waals surface area contributed by atoms with E-state index >= 15 is 0 Å². The highest BCUT2D eigenvalue weighted by atomic mass is 79.9. The van der Waals surface area contributed by atoms with Crippen LogP contribution in [0.5, 0.6) is 0 Å². The van der Waals surface area contributed by atoms with Crippen molar-refractivity contribution in [2.75, 3.05) is 5.32 Å². The number of benzene rings is 1. The quantitative estimate of drug-likeness (QED) is 0.775. The number of anilines is 1. The molecular formula is C16H16BrN3. The number of aromatic nitrogens is 2. The molecule has 0 aliphatic carbocycles. The van der Waals surface area contributed by atoms with Gasteiger partial charge in [-0.2, -0.15) is 0 Å². The third-order valence-electron chi connectivity index (χ3n) is 3.29. The fourth-order valence-electron chi connectivity index (χ4n) is 2.39. The molecule has 20 heavy (non-hydrogen) atoms. The topological polar surface area (TPSA) is 29.3 Å². The molecule has 0 aliphatic heterocycles. The SMILES string of the molecule is Cc1cc(C)c(NCc2cn3ccccc3n2)c(Br)c1. The summed E-state index contributed by atoms with van der Waals surface area (Å²) in [7, 11) is 0. The highest BCUT2D eigenvalue weighted by Crippen LogP contribution is 2.28. The van der Waals surface area contributed by atoms with E-state index in [2.05, 4.69) is 58.4 Å². The highest BCUT2D eigenvalue weighted by molar-refractivity contribution is 9.10. The summed E-state index contributed by atoms with van der Waals surface area (Å²) in [5, 5.41) is 3.46. The van der Waals surface area contributed by atoms with Crippen LogP contribution >= 0.6 is 15.9 Å². The van der Waals surface area contributed by atoms with Gasteiger partial charge in [-0.15, -0.1) is 0 Å². The van der Waals surface area contributed by atoms with Crippen molar-refractivity contribution in [1.82, 2.24) is 9.38 Å². The van der Waals surface area contributed by atoms with Crippen LogP contribution in [0.1, 0.15) is 16.8 Å². The Labute approximate surface area is 126 Å². The first-order valence-corrected chi connectivity index (χ1v) is 7.36. The third-order valence-corrected chi connectivity index (χ3v) is 3.92. The number of hydrogen-bond acceptors (Lipinski definition) is 2. The largest absolute Gasteiger partial charge is 0.378 e. The minimum atomic E-state index is 0.712. The Hall–Kier alpha value is -1.81. The molecule has 2 aromatic heterocycles. The van der Waals surface area contributed by atoms with Gasteiger partial charge >= 0.3 is 0 Å². The average molecular weight is 330 g/mol. The van der Waals surface area contributed by atoms with Gasteiger partial charge in [0, 0.05) is 16.9 Å². The molecule has 0 amide bonds. The van der Waals surface area contributed by atoms with Crippen molar-refractivity contribution >= 4 is 27.3 Å². The monoisotopic (exact) mass is 329 g/mol. The van der Waals surface area contributed by atoms with Gasteiger partial charge in [0.25, 0.3) is 0 Å². The number of hydrogen-bond donors (Lipinski definition) is 1. The number of imidazole rings is 1. The second kappa shape index (κ2) is 5.29. The number of fused-ring (bicyclic) bond motifs is 1. The van der Waals surface area contributed by atoms with Gasteiger partial charge in [0.2, 0.25) is 0 Å². The first-order valence-electron chi connectivity index (χ1n) is 6.57. The lowest BCUT2D eigenvalue weighted by atomic mass is 10.1. The summed E-state index contributed by atoms with van der Waals surface area (Å²) in [5.41, 5.74) is 5.63. The third kappa shape index (κ3) is 2.56. The summed E-state index contributed by atoms with van der Waals surface area (Å²) >= 11 is 3.62. The lowest BCUT2D eigenvalue weighted by Crippen LogP contribution is -2.02. The summed E-state index contributed by atoms with van der Waals surface area (Å²) in [6.45, 7) is 4.93. The molecule has 4 heteroatoms. The van der Waals surface area contributed by atoms with Gasteiger partial charge in [-0.3, -0.25) is 0 Å². The van der Waals surface area contributed by atoms with E-state index in [1.165, 1.54) is 11.1 Å². The van der Waals surface area contributed by atoms with Crippen LogP contribution in [-0.2, 0) is 6.54 Å². The molecule has 0 bridgehead atoms. The molecule has 0 saturated carbocycles. The Bertz CT molecular complexity index is 705. The molecular weight excluding hydrogens is 314 g/mol. The second-order valence-electron chi connectivity index (χ2n) is 4.99. The normalized spacial score (nSPS) is 10.9. The number of rotatable bonds is 3. The molecule has 1 N–H and O–H groups in total. The standard InChI is InChI=1S/C16H16BrN3/c1-11-7-12(2)16(14(17)8-11)18-9-13-10-20-6-4-3-5-15(20)19-13/h3-8,10,18H,9H2,1-2H3. The van der Waals surface area contributed by atoms with Crippen molar-refractivity contribution in [2.45, 2.75) is 20.4 Å². The van der Waals surface area contributed by atoms with Gasteiger partial charge < -0.3 is 9.72 Å². The van der Waals surface area contributed by atoms with Crippen LogP contribution in [0.2, 0.25) is 0 Å². The van der Waals surface area contributed by atoms with Crippen LogP contribution in [0.3, 0.4) is 0 Å². The minimum Gasteiger partial charge on any atom is -0.378 e. The maximum absolute atomic E-state index is 4.59. The second-order valence-corrected chi connectivity index (χ2v) is 5.84. The highest BCUT2D eigenvalue weighted by Gasteiger charge is 2.06. The van der Waals surface area contributed by atoms with Crippen molar-refractivity contribution in [1.29, 1.82) is 0 Å². The zero-order valence-corrected chi connectivity index (χ0v) is 13.1. The van der Waals surface area contributed by atoms with Crippen LogP contribution in [0.15, 0.2) is 47.2 Å². The summed E-state index contributed by atoms with van der Waals surface area (Å²) in [4.78, 5) is 4.59. The number of aryl methyl sites for hydroxylation is 2. The van der Waals surface area contributed by atoms with E-state index in [1.54, 1.807) is 0 Å². The van der Waals surface area contributed by atoms with Crippen LogP contribution in [0.4, 0.5) is 5.69 Å². The minimum absolute atomic E-state index is 0.712. The number of nitrogens with zero attached hydrogens (tertiary/aromatic N) is 2. The van der Waals surface area contributed by atoms with E-state index in [9.17, 15) is 0 Å². The summed E-state index contributed by atoms with van der Waals surface area (Å²) in [6.07, 6.45) is 4.07. The maximum Gasteiger partial charge on any atom is 0.137 e. The van der Waals surface area contributed by atoms with Gasteiger partial charge in [-0.1, -0.05) is 12.1 Å². The van der Waals surface area contributed by atoms with Gasteiger partial charge in [0.15, 0.2) is 0 Å². The van der Waals surface area contributed by atoms with Crippen LogP contribution in [0.25, 0.3) is 5.65 Å². The van der Waals surface area contributed by atoms with E-state index in [0.717, 1.165) is 21.5 Å². The van der Waals surface area contributed by atoms with E-state index in [-0.39, 0.29) is 0 Å². The van der Waals surface area contributed by atoms with Crippen molar-refractivity contribution in [3.8, 4) is 0 Å². The molecule has 2 heterocycles. The number of halogens is 1. The predicted octanol–water partition coefficient (Wildman–Crippen LogP) is 4.33. The van der Waals surface area contributed by atoms with E-state index in [4.69, 9.17) is 0 Å². The Morgan fingerprint density at radius 2 is 2.10 bits per heavy atom. The molecule has 0 saturated heterocycles. The summed E-state index contributed by atoms with van der Waals surface area (Å²) < 4.78 is 3.13. The van der Waals surface area contributed by atoms with E-state index < -0.39 is 0 Å². The molecule has 0 radical (unpaired) electrons. The molecule has 3 aromatic rings. The fraction of sp³-hybridized carbons (Fsp3) is 0.188. The first-order chi connectivity index (χ1) is 9.63.